The summed E-state index contributed by atoms with van der Waals surface area (Å²) < 4.78 is 0. The van der Waals surface area contributed by atoms with Crippen molar-refractivity contribution < 1.29 is 0 Å². The number of nitrogens with one attached hydrogen (secondary N) is 1. The van der Waals surface area contributed by atoms with E-state index in [2.05, 4.69) is 24.1 Å². The molecular formula is C19H36N2. The summed E-state index contributed by atoms with van der Waals surface area (Å²) in [6.45, 7) is 7.36. The molecule has 2 saturated carbocycles. The molecule has 3 fully saturated rings. The fourth-order valence-electron chi connectivity index (χ4n) is 5.36. The minimum atomic E-state index is 0.766. The van der Waals surface area contributed by atoms with Gasteiger partial charge in [0.1, 0.15) is 0 Å². The highest BCUT2D eigenvalue weighted by Gasteiger charge is 2.40. The number of rotatable bonds is 4. The van der Waals surface area contributed by atoms with Crippen LogP contribution in [0.5, 0.6) is 0 Å². The van der Waals surface area contributed by atoms with Crippen LogP contribution in [0.3, 0.4) is 0 Å². The van der Waals surface area contributed by atoms with Crippen molar-refractivity contribution in [2.75, 3.05) is 13.1 Å². The van der Waals surface area contributed by atoms with E-state index in [1.54, 1.807) is 0 Å². The Bertz CT molecular complexity index is 313. The predicted octanol–water partition coefficient (Wildman–Crippen LogP) is 4.20. The van der Waals surface area contributed by atoms with Crippen LogP contribution < -0.4 is 5.32 Å². The van der Waals surface area contributed by atoms with Crippen molar-refractivity contribution in [2.24, 2.45) is 11.8 Å². The summed E-state index contributed by atoms with van der Waals surface area (Å²) in [6.07, 6.45) is 14.5. The van der Waals surface area contributed by atoms with E-state index in [1.165, 1.54) is 77.3 Å². The molecule has 2 nitrogen and oxygen atoms in total. The van der Waals surface area contributed by atoms with Gasteiger partial charge in [0.05, 0.1) is 0 Å². The molecule has 0 amide bonds. The van der Waals surface area contributed by atoms with Gasteiger partial charge in [-0.3, -0.25) is 4.90 Å². The SMILES string of the molecule is CCCNC1CCC(C)CC1N1CCCC2CCCCC21. The first kappa shape index (κ1) is 15.8. The molecule has 3 rings (SSSR count). The molecule has 122 valence electrons. The molecule has 0 aromatic heterocycles. The number of piperidine rings is 1. The van der Waals surface area contributed by atoms with Crippen molar-refractivity contribution in [1.82, 2.24) is 10.2 Å². The lowest BCUT2D eigenvalue weighted by Crippen LogP contribution is -2.59. The van der Waals surface area contributed by atoms with Gasteiger partial charge in [0.2, 0.25) is 0 Å². The molecule has 5 atom stereocenters. The summed E-state index contributed by atoms with van der Waals surface area (Å²) in [6, 6.07) is 2.52. The number of nitrogens with zero attached hydrogens (tertiary/aromatic N) is 1. The van der Waals surface area contributed by atoms with Gasteiger partial charge in [-0.2, -0.15) is 0 Å². The Morgan fingerprint density at radius 3 is 2.62 bits per heavy atom. The first-order chi connectivity index (χ1) is 10.3. The summed E-state index contributed by atoms with van der Waals surface area (Å²) >= 11 is 0. The predicted molar refractivity (Wildman–Crippen MR) is 90.6 cm³/mol. The Hall–Kier alpha value is -0.0800. The lowest BCUT2D eigenvalue weighted by atomic mass is 9.75. The molecule has 3 aliphatic rings. The molecule has 1 heterocycles. The van der Waals surface area contributed by atoms with E-state index in [9.17, 15) is 0 Å². The highest BCUT2D eigenvalue weighted by molar-refractivity contribution is 4.97. The van der Waals surface area contributed by atoms with E-state index < -0.39 is 0 Å². The Morgan fingerprint density at radius 2 is 1.76 bits per heavy atom. The van der Waals surface area contributed by atoms with Gasteiger partial charge in [0.25, 0.3) is 0 Å². The van der Waals surface area contributed by atoms with Crippen molar-refractivity contribution in [2.45, 2.75) is 96.2 Å². The third kappa shape index (κ3) is 3.64. The number of hydrogen-bond donors (Lipinski definition) is 1. The molecule has 1 N–H and O–H groups in total. The topological polar surface area (TPSA) is 15.3 Å². The molecular weight excluding hydrogens is 256 g/mol. The number of hydrogen-bond acceptors (Lipinski definition) is 2. The summed E-state index contributed by atoms with van der Waals surface area (Å²) in [7, 11) is 0. The lowest BCUT2D eigenvalue weighted by Gasteiger charge is -2.51. The van der Waals surface area contributed by atoms with Crippen LogP contribution in [0.4, 0.5) is 0 Å². The van der Waals surface area contributed by atoms with Gasteiger partial charge < -0.3 is 5.32 Å². The second kappa shape index (κ2) is 7.46. The molecule has 5 unspecified atom stereocenters. The molecule has 0 radical (unpaired) electrons. The molecule has 1 aliphatic heterocycles. The Labute approximate surface area is 132 Å². The van der Waals surface area contributed by atoms with Crippen molar-refractivity contribution in [3.8, 4) is 0 Å². The standard InChI is InChI=1S/C19H36N2/c1-3-12-20-17-11-10-15(2)14-19(17)21-13-6-8-16-7-4-5-9-18(16)21/h15-20H,3-14H2,1-2H3. The van der Waals surface area contributed by atoms with Crippen LogP contribution in [0.15, 0.2) is 0 Å². The smallest absolute Gasteiger partial charge is 0.0254 e. The Balaban J connectivity index is 1.70. The van der Waals surface area contributed by atoms with E-state index >= 15 is 0 Å². The quantitative estimate of drug-likeness (QED) is 0.835. The van der Waals surface area contributed by atoms with Gasteiger partial charge in [-0.1, -0.05) is 26.7 Å². The largest absolute Gasteiger partial charge is 0.312 e. The van der Waals surface area contributed by atoms with E-state index in [0.717, 1.165) is 30.0 Å². The van der Waals surface area contributed by atoms with Crippen LogP contribution in [-0.2, 0) is 0 Å². The maximum atomic E-state index is 3.89. The van der Waals surface area contributed by atoms with Crippen LogP contribution in [-0.4, -0.2) is 36.1 Å². The lowest BCUT2D eigenvalue weighted by molar-refractivity contribution is -0.00715. The third-order valence-electron chi connectivity index (χ3n) is 6.45. The number of fused-ring (bicyclic) bond motifs is 1. The van der Waals surface area contributed by atoms with Gasteiger partial charge in [-0.25, -0.2) is 0 Å². The zero-order valence-electron chi connectivity index (χ0n) is 14.3. The van der Waals surface area contributed by atoms with Gasteiger partial charge >= 0.3 is 0 Å². The zero-order valence-corrected chi connectivity index (χ0v) is 14.3. The summed E-state index contributed by atoms with van der Waals surface area (Å²) in [5.74, 6) is 1.95. The van der Waals surface area contributed by atoms with E-state index in [-0.39, 0.29) is 0 Å². The first-order valence-electron chi connectivity index (χ1n) is 9.78. The minimum Gasteiger partial charge on any atom is -0.312 e. The normalized spacial score (nSPS) is 41.7. The fraction of sp³-hybridized carbons (Fsp3) is 1.00. The average Bonchev–Trinajstić information content (AvgIpc) is 2.53. The van der Waals surface area contributed by atoms with Crippen molar-refractivity contribution >= 4 is 0 Å². The highest BCUT2D eigenvalue weighted by atomic mass is 15.2. The van der Waals surface area contributed by atoms with Crippen LogP contribution in [0.2, 0.25) is 0 Å². The molecule has 2 heteroatoms. The summed E-state index contributed by atoms with van der Waals surface area (Å²) in [5, 5.41) is 3.89. The molecule has 0 spiro atoms. The summed E-state index contributed by atoms with van der Waals surface area (Å²) in [4.78, 5) is 2.98. The maximum absolute atomic E-state index is 3.89. The molecule has 2 aliphatic carbocycles. The Kier molecular flexibility index (Phi) is 5.61. The molecule has 21 heavy (non-hydrogen) atoms. The van der Waals surface area contributed by atoms with Crippen LogP contribution in [0.25, 0.3) is 0 Å². The monoisotopic (exact) mass is 292 g/mol. The molecule has 1 saturated heterocycles. The van der Waals surface area contributed by atoms with E-state index in [4.69, 9.17) is 0 Å². The second-order valence-corrected chi connectivity index (χ2v) is 8.04. The van der Waals surface area contributed by atoms with Gasteiger partial charge in [-0.05, 0) is 76.3 Å². The summed E-state index contributed by atoms with van der Waals surface area (Å²) in [5.41, 5.74) is 0. The van der Waals surface area contributed by atoms with Crippen molar-refractivity contribution in [3.63, 3.8) is 0 Å². The first-order valence-corrected chi connectivity index (χ1v) is 9.78. The van der Waals surface area contributed by atoms with E-state index in [1.807, 2.05) is 0 Å². The van der Waals surface area contributed by atoms with Gasteiger partial charge in [0.15, 0.2) is 0 Å². The van der Waals surface area contributed by atoms with Gasteiger partial charge in [-0.15, -0.1) is 0 Å². The van der Waals surface area contributed by atoms with E-state index in [0.29, 0.717) is 0 Å². The van der Waals surface area contributed by atoms with Crippen LogP contribution in [0.1, 0.15) is 78.1 Å². The second-order valence-electron chi connectivity index (χ2n) is 8.04. The average molecular weight is 293 g/mol. The molecule has 0 aromatic rings. The number of likely N-dealkylation sites (tertiary alicyclic amines) is 1. The van der Waals surface area contributed by atoms with Crippen molar-refractivity contribution in [3.05, 3.63) is 0 Å². The van der Waals surface area contributed by atoms with Crippen LogP contribution in [0, 0.1) is 11.8 Å². The van der Waals surface area contributed by atoms with Gasteiger partial charge in [0, 0.05) is 18.1 Å². The van der Waals surface area contributed by atoms with Crippen molar-refractivity contribution in [1.29, 1.82) is 0 Å². The third-order valence-corrected chi connectivity index (χ3v) is 6.45. The molecule has 0 aromatic carbocycles. The minimum absolute atomic E-state index is 0.766. The maximum Gasteiger partial charge on any atom is 0.0254 e. The fourth-order valence-corrected chi connectivity index (χ4v) is 5.36. The van der Waals surface area contributed by atoms with Crippen LogP contribution >= 0.6 is 0 Å². The Morgan fingerprint density at radius 1 is 0.952 bits per heavy atom. The highest BCUT2D eigenvalue weighted by Crippen LogP contribution is 2.39. The zero-order chi connectivity index (χ0) is 14.7. The molecule has 0 bridgehead atoms.